The van der Waals surface area contributed by atoms with Gasteiger partial charge in [0.15, 0.2) is 11.5 Å². The van der Waals surface area contributed by atoms with Crippen LogP contribution < -0.4 is 20.0 Å². The van der Waals surface area contributed by atoms with Crippen LogP contribution in [-0.4, -0.2) is 79.8 Å². The summed E-state index contributed by atoms with van der Waals surface area (Å²) in [4.78, 5) is 14.3. The average molecular weight is 411 g/mol. The zero-order valence-corrected chi connectivity index (χ0v) is 17.6. The topological polar surface area (TPSA) is 69.9 Å². The summed E-state index contributed by atoms with van der Waals surface area (Å²) in [5, 5.41) is 11.9. The van der Waals surface area contributed by atoms with Gasteiger partial charge in [0.05, 0.1) is 30.9 Å². The van der Waals surface area contributed by atoms with E-state index in [1.165, 1.54) is 25.9 Å². The number of likely N-dealkylation sites (tertiary alicyclic amines) is 2. The van der Waals surface area contributed by atoms with Crippen molar-refractivity contribution < 1.29 is 14.6 Å². The van der Waals surface area contributed by atoms with Crippen LogP contribution in [0, 0.1) is 0 Å². The maximum absolute atomic E-state index is 9.98. The lowest BCUT2D eigenvalue weighted by Crippen LogP contribution is -2.38. The second kappa shape index (κ2) is 8.49. The van der Waals surface area contributed by atoms with Crippen LogP contribution in [0.4, 0.5) is 0 Å². The molecule has 0 saturated carbocycles. The molecule has 2 atom stereocenters. The van der Waals surface area contributed by atoms with Crippen molar-refractivity contribution in [2.45, 2.75) is 38.0 Å². The molecule has 7 nitrogen and oxygen atoms in total. The number of hydrogen-bond acceptors (Lipinski definition) is 7. The molecule has 0 amide bonds. The Morgan fingerprint density at radius 1 is 1.17 bits per heavy atom. The van der Waals surface area contributed by atoms with Crippen LogP contribution in [0.5, 0.6) is 11.5 Å². The molecule has 7 heteroatoms. The van der Waals surface area contributed by atoms with E-state index in [1.54, 1.807) is 7.11 Å². The molecular weight excluding hydrogens is 380 g/mol. The van der Waals surface area contributed by atoms with Crippen molar-refractivity contribution in [2.24, 2.45) is 9.98 Å². The van der Waals surface area contributed by atoms with E-state index in [0.29, 0.717) is 13.2 Å². The predicted octanol–water partition coefficient (Wildman–Crippen LogP) is 0.705. The first-order valence-electron chi connectivity index (χ1n) is 11.0. The van der Waals surface area contributed by atoms with E-state index in [0.717, 1.165) is 59.3 Å². The summed E-state index contributed by atoms with van der Waals surface area (Å²) in [6.07, 6.45) is 7.83. The molecule has 1 aromatic carbocycles. The zero-order valence-electron chi connectivity index (χ0n) is 17.6. The standard InChI is InChI=1S/C23H30N4O3/c1-29-20-13-17-19(14-21(20)30-12-4-10-26-8-2-3-9-26)25-18-5-7-24-23(22(17)18)27-11-6-16(28)15-27/h5,7,13-14,16,23,28H,2-4,6,8-12,15H2,1H3/t16-,23?/m0/s1. The van der Waals surface area contributed by atoms with Crippen LogP contribution in [0.25, 0.3) is 5.57 Å². The molecule has 4 aliphatic heterocycles. The van der Waals surface area contributed by atoms with Crippen LogP contribution in [0.1, 0.15) is 25.7 Å². The molecule has 4 aliphatic rings. The summed E-state index contributed by atoms with van der Waals surface area (Å²) in [7, 11) is 1.68. The van der Waals surface area contributed by atoms with E-state index < -0.39 is 0 Å². The lowest BCUT2D eigenvalue weighted by atomic mass is 10.0. The first-order valence-corrected chi connectivity index (χ1v) is 11.0. The molecule has 2 saturated heterocycles. The first-order chi connectivity index (χ1) is 14.7. The Labute approximate surface area is 177 Å². The van der Waals surface area contributed by atoms with E-state index >= 15 is 0 Å². The SMILES string of the molecule is COc1cc2c(cc1OCCCN1CCCC1)=NC1=CC=NC(N3CC[C@H](O)C3)C=21. The van der Waals surface area contributed by atoms with Crippen LogP contribution in [0.15, 0.2) is 33.9 Å². The molecule has 1 unspecified atom stereocenters. The number of allylic oxidation sites excluding steroid dienone is 1. The molecule has 5 rings (SSSR count). The molecule has 0 spiro atoms. The van der Waals surface area contributed by atoms with Gasteiger partial charge in [0.25, 0.3) is 0 Å². The molecule has 0 aliphatic carbocycles. The number of nitrogens with zero attached hydrogens (tertiary/aromatic N) is 4. The minimum Gasteiger partial charge on any atom is -0.493 e. The Hall–Kier alpha value is -2.22. The van der Waals surface area contributed by atoms with E-state index in [9.17, 15) is 5.11 Å². The zero-order chi connectivity index (χ0) is 20.5. The summed E-state index contributed by atoms with van der Waals surface area (Å²) in [5.41, 5.74) is 2.04. The van der Waals surface area contributed by atoms with Gasteiger partial charge in [-0.2, -0.15) is 0 Å². The molecule has 160 valence electrons. The fraction of sp³-hybridized carbons (Fsp3) is 0.565. The van der Waals surface area contributed by atoms with Gasteiger partial charge in [-0.3, -0.25) is 9.89 Å². The normalized spacial score (nSPS) is 25.8. The highest BCUT2D eigenvalue weighted by atomic mass is 16.5. The number of β-amino-alcohol motifs (C(OH)–C–C–N with tert-alkyl or cyclic N) is 1. The van der Waals surface area contributed by atoms with Gasteiger partial charge in [-0.1, -0.05) is 0 Å². The van der Waals surface area contributed by atoms with Crippen molar-refractivity contribution in [3.63, 3.8) is 0 Å². The van der Waals surface area contributed by atoms with E-state index in [4.69, 9.17) is 19.5 Å². The van der Waals surface area contributed by atoms with Crippen molar-refractivity contribution in [1.82, 2.24) is 9.80 Å². The molecule has 1 aromatic rings. The monoisotopic (exact) mass is 410 g/mol. The molecule has 30 heavy (non-hydrogen) atoms. The average Bonchev–Trinajstić information content (AvgIpc) is 3.49. The number of hydrogen-bond donors (Lipinski definition) is 1. The molecular formula is C23H30N4O3. The van der Waals surface area contributed by atoms with Crippen LogP contribution in [0.3, 0.4) is 0 Å². The number of rotatable bonds is 7. The third-order valence-electron chi connectivity index (χ3n) is 6.42. The van der Waals surface area contributed by atoms with Gasteiger partial charge in [-0.25, -0.2) is 4.99 Å². The third kappa shape index (κ3) is 3.77. The minimum atomic E-state index is -0.279. The Bertz CT molecular complexity index is 981. The number of dihydropyridines is 1. The Morgan fingerprint density at radius 2 is 2.03 bits per heavy atom. The maximum Gasteiger partial charge on any atom is 0.163 e. The summed E-state index contributed by atoms with van der Waals surface area (Å²) >= 11 is 0. The van der Waals surface area contributed by atoms with Gasteiger partial charge >= 0.3 is 0 Å². The summed E-state index contributed by atoms with van der Waals surface area (Å²) in [6.45, 7) is 5.66. The number of benzene rings is 1. The molecule has 0 aromatic heterocycles. The summed E-state index contributed by atoms with van der Waals surface area (Å²) in [5.74, 6) is 1.48. The van der Waals surface area contributed by atoms with Crippen molar-refractivity contribution in [3.05, 3.63) is 34.5 Å². The highest BCUT2D eigenvalue weighted by Gasteiger charge is 2.33. The number of aliphatic imine (C=N–C) groups is 1. The molecule has 0 bridgehead atoms. The lowest BCUT2D eigenvalue weighted by Gasteiger charge is -2.27. The van der Waals surface area contributed by atoms with Gasteiger partial charge in [0, 0.05) is 42.7 Å². The second-order valence-corrected chi connectivity index (χ2v) is 8.46. The Balaban J connectivity index is 1.38. The molecule has 2 fully saturated rings. The highest BCUT2D eigenvalue weighted by molar-refractivity contribution is 5.86. The van der Waals surface area contributed by atoms with Gasteiger partial charge in [0.1, 0.15) is 6.17 Å². The van der Waals surface area contributed by atoms with Crippen LogP contribution in [-0.2, 0) is 0 Å². The van der Waals surface area contributed by atoms with Crippen LogP contribution >= 0.6 is 0 Å². The van der Waals surface area contributed by atoms with Crippen molar-refractivity contribution >= 4 is 11.8 Å². The predicted molar refractivity (Wildman–Crippen MR) is 116 cm³/mol. The van der Waals surface area contributed by atoms with E-state index in [-0.39, 0.29) is 12.3 Å². The fourth-order valence-electron chi connectivity index (χ4n) is 4.87. The number of ether oxygens (including phenoxy) is 2. The van der Waals surface area contributed by atoms with E-state index in [2.05, 4.69) is 9.80 Å². The second-order valence-electron chi connectivity index (χ2n) is 8.46. The molecule has 0 radical (unpaired) electrons. The van der Waals surface area contributed by atoms with Crippen LogP contribution in [0.2, 0.25) is 0 Å². The summed E-state index contributed by atoms with van der Waals surface area (Å²) < 4.78 is 11.7. The fourth-order valence-corrected chi connectivity index (χ4v) is 4.87. The van der Waals surface area contributed by atoms with Gasteiger partial charge in [0.2, 0.25) is 0 Å². The number of aliphatic hydroxyl groups is 1. The number of aliphatic hydroxyl groups excluding tert-OH is 1. The smallest absolute Gasteiger partial charge is 0.163 e. The van der Waals surface area contributed by atoms with Crippen molar-refractivity contribution in [3.8, 4) is 11.5 Å². The number of methoxy groups -OCH3 is 1. The van der Waals surface area contributed by atoms with Crippen molar-refractivity contribution in [1.29, 1.82) is 0 Å². The van der Waals surface area contributed by atoms with Gasteiger partial charge in [-0.15, -0.1) is 0 Å². The third-order valence-corrected chi connectivity index (χ3v) is 6.42. The Morgan fingerprint density at radius 3 is 2.80 bits per heavy atom. The first kappa shape index (κ1) is 19.7. The minimum absolute atomic E-state index is 0.107. The van der Waals surface area contributed by atoms with Gasteiger partial charge in [-0.05, 0) is 50.9 Å². The summed E-state index contributed by atoms with van der Waals surface area (Å²) in [6, 6.07) is 4.03. The van der Waals surface area contributed by atoms with Gasteiger partial charge < -0.3 is 19.5 Å². The van der Waals surface area contributed by atoms with Crippen molar-refractivity contribution in [2.75, 3.05) is 46.4 Å². The molecule has 1 N–H and O–H groups in total. The van der Waals surface area contributed by atoms with E-state index in [1.807, 2.05) is 24.4 Å². The largest absolute Gasteiger partial charge is 0.493 e. The molecule has 4 heterocycles. The quantitative estimate of drug-likeness (QED) is 0.671. The highest BCUT2D eigenvalue weighted by Crippen LogP contribution is 2.30. The number of fused-ring (bicyclic) bond motifs is 2. The lowest BCUT2D eigenvalue weighted by molar-refractivity contribution is 0.170. The maximum atomic E-state index is 9.98. The Kier molecular flexibility index (Phi) is 5.58.